The van der Waals surface area contributed by atoms with Crippen molar-refractivity contribution in [2.75, 3.05) is 20.7 Å². The lowest BCUT2D eigenvalue weighted by Crippen LogP contribution is -2.55. The number of nitrogens with zero attached hydrogens (tertiary/aromatic N) is 2. The third-order valence-corrected chi connectivity index (χ3v) is 7.75. The van der Waals surface area contributed by atoms with Gasteiger partial charge in [0, 0.05) is 12.0 Å². The van der Waals surface area contributed by atoms with Crippen LogP contribution in [0.3, 0.4) is 0 Å². The maximum absolute atomic E-state index is 13.7. The average molecular weight is 497 g/mol. The fraction of sp³-hybridized carbons (Fsp3) is 0.440. The Morgan fingerprint density at radius 2 is 1.94 bits per heavy atom. The summed E-state index contributed by atoms with van der Waals surface area (Å²) in [6, 6.07) is 2.34. The number of benzene rings is 1. The predicted molar refractivity (Wildman–Crippen MR) is 127 cm³/mol. The number of amides is 1. The van der Waals surface area contributed by atoms with Crippen LogP contribution < -0.4 is 5.73 Å². The average Bonchev–Trinajstić information content (AvgIpc) is 3.19. The molecule has 2 fully saturated rings. The molecule has 36 heavy (non-hydrogen) atoms. The van der Waals surface area contributed by atoms with Crippen molar-refractivity contribution in [3.8, 4) is 5.75 Å². The smallest absolute Gasteiger partial charge is 0.255 e. The molecule has 0 radical (unpaired) electrons. The number of nitrogens with one attached hydrogen (secondary N) is 1. The number of phenols is 1. The number of ketones is 2. The molecule has 1 aliphatic heterocycles. The maximum Gasteiger partial charge on any atom is 0.255 e. The fourth-order valence-corrected chi connectivity index (χ4v) is 6.23. The minimum Gasteiger partial charge on any atom is -0.510 e. The third kappa shape index (κ3) is 3.41. The van der Waals surface area contributed by atoms with Crippen LogP contribution in [0, 0.1) is 23.2 Å². The number of hydrogen-bond donors (Lipinski definition) is 5. The van der Waals surface area contributed by atoms with E-state index in [2.05, 4.69) is 0 Å². The van der Waals surface area contributed by atoms with Crippen LogP contribution in [0.25, 0.3) is 5.76 Å². The lowest BCUT2D eigenvalue weighted by molar-refractivity contribution is -0.136. The molecule has 1 aromatic carbocycles. The highest BCUT2D eigenvalue weighted by Crippen LogP contribution is 2.50. The number of nitrogens with two attached hydrogens (primary N) is 1. The number of carbonyl (C=O) groups excluding carboxylic acids is 3. The molecule has 4 atom stereocenters. The van der Waals surface area contributed by atoms with E-state index >= 15 is 0 Å². The van der Waals surface area contributed by atoms with Crippen molar-refractivity contribution in [1.82, 2.24) is 9.96 Å². The Labute approximate surface area is 206 Å². The molecule has 4 aliphatic rings. The van der Waals surface area contributed by atoms with Crippen molar-refractivity contribution in [2.45, 2.75) is 31.8 Å². The molecular weight excluding hydrogens is 468 g/mol. The number of aromatic hydroxyl groups is 1. The van der Waals surface area contributed by atoms with E-state index in [-0.39, 0.29) is 29.9 Å². The molecule has 0 bridgehead atoms. The van der Waals surface area contributed by atoms with Gasteiger partial charge in [0.05, 0.1) is 30.7 Å². The van der Waals surface area contributed by atoms with Crippen LogP contribution in [-0.2, 0) is 32.2 Å². The quantitative estimate of drug-likeness (QED) is 0.300. The molecule has 0 aromatic heterocycles. The van der Waals surface area contributed by atoms with Crippen LogP contribution in [-0.4, -0.2) is 75.3 Å². The molecule has 0 spiro atoms. The van der Waals surface area contributed by atoms with E-state index in [1.165, 1.54) is 11.1 Å². The Bertz CT molecular complexity index is 1280. The van der Waals surface area contributed by atoms with Gasteiger partial charge < -0.3 is 21.1 Å². The minimum absolute atomic E-state index is 0.0393. The number of fused-ring (bicyclic) bond motifs is 3. The van der Waals surface area contributed by atoms with Crippen LogP contribution in [0.15, 0.2) is 29.0 Å². The van der Waals surface area contributed by atoms with Gasteiger partial charge in [-0.15, -0.1) is 0 Å². The lowest BCUT2D eigenvalue weighted by Gasteiger charge is -2.46. The monoisotopic (exact) mass is 496 g/mol. The summed E-state index contributed by atoms with van der Waals surface area (Å²) >= 11 is 0. The number of Topliss-reactive ketones (excluding diaryl/α,β-unsaturated/α-hetero) is 2. The van der Waals surface area contributed by atoms with E-state index in [4.69, 9.17) is 16.0 Å². The van der Waals surface area contributed by atoms with Crippen LogP contribution in [0.1, 0.15) is 29.5 Å². The minimum atomic E-state index is -1.28. The number of hydroxylamine groups is 2. The molecule has 1 saturated heterocycles. The highest BCUT2D eigenvalue weighted by atomic mass is 16.7. The zero-order valence-corrected chi connectivity index (χ0v) is 19.9. The van der Waals surface area contributed by atoms with E-state index in [1.54, 1.807) is 25.1 Å². The van der Waals surface area contributed by atoms with Crippen LogP contribution in [0.5, 0.6) is 5.75 Å². The van der Waals surface area contributed by atoms with E-state index in [0.29, 0.717) is 30.8 Å². The zero-order chi connectivity index (χ0) is 26.0. The number of amidine groups is 1. The SMILES string of the molecule is CN(C)[C@@H]1C(O)=C(C(N)=O)C(=O)[C@H]2C(=O)C3=C(O)c4c(O)ccc(CN5OCCC5=N)c4C[C@H]3C[C@H]21. The Balaban J connectivity index is 1.61. The fourth-order valence-electron chi connectivity index (χ4n) is 6.23. The zero-order valence-electron chi connectivity index (χ0n) is 19.9. The highest BCUT2D eigenvalue weighted by molar-refractivity contribution is 6.28. The number of primary amides is 1. The Hall–Kier alpha value is -3.70. The summed E-state index contributed by atoms with van der Waals surface area (Å²) in [6.45, 7) is 0.639. The molecule has 1 saturated carbocycles. The van der Waals surface area contributed by atoms with Gasteiger partial charge in [-0.2, -0.15) is 0 Å². The van der Waals surface area contributed by atoms with E-state index in [1.807, 2.05) is 0 Å². The van der Waals surface area contributed by atoms with Crippen molar-refractivity contribution >= 4 is 29.1 Å². The molecule has 11 heteroatoms. The van der Waals surface area contributed by atoms with Gasteiger partial charge >= 0.3 is 0 Å². The van der Waals surface area contributed by atoms with Gasteiger partial charge in [-0.25, -0.2) is 5.06 Å². The number of aliphatic hydroxyl groups excluding tert-OH is 2. The van der Waals surface area contributed by atoms with Gasteiger partial charge in [0.15, 0.2) is 11.6 Å². The van der Waals surface area contributed by atoms with Crippen molar-refractivity contribution in [3.63, 3.8) is 0 Å². The standard InChI is InChI=1S/C25H28N4O7/c1-28(2)20-13-8-11-7-12-10(9-29-15(26)5-6-36-29)3-4-14(30)17(12)21(31)16(11)22(32)18(13)23(33)19(24(20)34)25(27)35/h3-4,11,13,18,20,26,30-31,34H,5-9H2,1-2H3,(H2,27,35)/t11-,13+,18+,20-/m0/s1. The first-order chi connectivity index (χ1) is 17.0. The van der Waals surface area contributed by atoms with Crippen molar-refractivity contribution in [1.29, 1.82) is 5.41 Å². The number of allylic oxidation sites excluding steroid dienone is 1. The van der Waals surface area contributed by atoms with E-state index < -0.39 is 58.4 Å². The number of carbonyl (C=O) groups is 3. The van der Waals surface area contributed by atoms with Gasteiger partial charge in [0.25, 0.3) is 5.91 Å². The number of aliphatic hydroxyl groups is 2. The van der Waals surface area contributed by atoms with Crippen LogP contribution >= 0.6 is 0 Å². The number of phenolic OH excluding ortho intramolecular Hbond substituents is 1. The number of hydrogen-bond acceptors (Lipinski definition) is 9. The van der Waals surface area contributed by atoms with Crippen LogP contribution in [0.4, 0.5) is 0 Å². The Morgan fingerprint density at radius 1 is 1.22 bits per heavy atom. The number of likely N-dealkylation sites (N-methyl/N-ethyl adjacent to an activating group) is 1. The summed E-state index contributed by atoms with van der Waals surface area (Å²) < 4.78 is 0. The molecule has 190 valence electrons. The van der Waals surface area contributed by atoms with Crippen LogP contribution in [0.2, 0.25) is 0 Å². The topological polar surface area (TPSA) is 177 Å². The predicted octanol–water partition coefficient (Wildman–Crippen LogP) is 0.964. The van der Waals surface area contributed by atoms with Crippen molar-refractivity contribution in [2.24, 2.45) is 23.5 Å². The first kappa shape index (κ1) is 24.0. The Kier molecular flexibility index (Phi) is 5.64. The lowest BCUT2D eigenvalue weighted by atomic mass is 9.59. The molecule has 3 aliphatic carbocycles. The summed E-state index contributed by atoms with van der Waals surface area (Å²) in [6.07, 6.45) is 1.07. The second-order valence-corrected chi connectivity index (χ2v) is 9.97. The second-order valence-electron chi connectivity index (χ2n) is 9.97. The van der Waals surface area contributed by atoms with E-state index in [0.717, 1.165) is 5.56 Å². The molecule has 1 amide bonds. The normalized spacial score (nSPS) is 28.0. The summed E-state index contributed by atoms with van der Waals surface area (Å²) in [4.78, 5) is 46.1. The highest BCUT2D eigenvalue weighted by Gasteiger charge is 2.55. The molecule has 1 heterocycles. The third-order valence-electron chi connectivity index (χ3n) is 7.75. The molecule has 6 N–H and O–H groups in total. The van der Waals surface area contributed by atoms with Gasteiger partial charge in [0.2, 0.25) is 0 Å². The van der Waals surface area contributed by atoms with Gasteiger partial charge in [-0.05, 0) is 56.0 Å². The second kappa shape index (κ2) is 8.45. The van der Waals surface area contributed by atoms with Crippen molar-refractivity contribution < 1.29 is 34.5 Å². The first-order valence-corrected chi connectivity index (χ1v) is 11.8. The number of rotatable bonds is 4. The van der Waals surface area contributed by atoms with Gasteiger partial charge in [-0.1, -0.05) is 6.07 Å². The largest absolute Gasteiger partial charge is 0.510 e. The molecule has 1 aromatic rings. The van der Waals surface area contributed by atoms with Gasteiger partial charge in [0.1, 0.15) is 28.7 Å². The van der Waals surface area contributed by atoms with E-state index in [9.17, 15) is 29.7 Å². The summed E-state index contributed by atoms with van der Waals surface area (Å²) in [7, 11) is 3.36. The molecule has 11 nitrogen and oxygen atoms in total. The molecule has 0 unspecified atom stereocenters. The molecular formula is C25H28N4O7. The summed E-state index contributed by atoms with van der Waals surface area (Å²) in [5.74, 6) is -5.70. The first-order valence-electron chi connectivity index (χ1n) is 11.8. The van der Waals surface area contributed by atoms with Gasteiger partial charge in [-0.3, -0.25) is 29.5 Å². The summed E-state index contributed by atoms with van der Waals surface area (Å²) in [5, 5.41) is 42.2. The Morgan fingerprint density at radius 3 is 2.56 bits per heavy atom. The molecule has 5 rings (SSSR count). The maximum atomic E-state index is 13.7. The van der Waals surface area contributed by atoms with Crippen molar-refractivity contribution in [3.05, 3.63) is 45.7 Å². The summed E-state index contributed by atoms with van der Waals surface area (Å²) in [5.41, 5.74) is 6.33.